The van der Waals surface area contributed by atoms with E-state index in [1.54, 1.807) is 6.07 Å². The number of pyridine rings is 1. The molecule has 0 spiro atoms. The zero-order valence-corrected chi connectivity index (χ0v) is 26.2. The number of aromatic nitrogens is 1. The van der Waals surface area contributed by atoms with Gasteiger partial charge in [-0.1, -0.05) is 41.4 Å². The summed E-state index contributed by atoms with van der Waals surface area (Å²) < 4.78 is 19.4. The molecule has 4 heterocycles. The maximum atomic E-state index is 13.9. The van der Waals surface area contributed by atoms with Gasteiger partial charge in [-0.3, -0.25) is 14.9 Å². The number of hydrogen-bond acceptors (Lipinski definition) is 9. The molecule has 1 saturated heterocycles. The van der Waals surface area contributed by atoms with E-state index in [0.717, 1.165) is 43.3 Å². The fourth-order valence-electron chi connectivity index (χ4n) is 5.97. The monoisotopic (exact) mass is 644 g/mol. The molecule has 3 aromatic carbocycles. The van der Waals surface area contributed by atoms with Crippen molar-refractivity contribution >= 4 is 51.2 Å². The van der Waals surface area contributed by atoms with Crippen molar-refractivity contribution in [1.82, 2.24) is 25.9 Å². The molecule has 0 aliphatic carbocycles. The Morgan fingerprint density at radius 1 is 1.09 bits per heavy atom. The highest BCUT2D eigenvalue weighted by molar-refractivity contribution is 6.36. The zero-order valence-electron chi connectivity index (χ0n) is 24.7. The molecule has 3 aliphatic heterocycles. The molecule has 0 radical (unpaired) electrons. The number of nitrogens with zero attached hydrogens (tertiary/aromatic N) is 4. The number of ether oxygens (including phenoxy) is 1. The SMILES string of the molecule is CC(C)N1C=C([C@@H](Nc2cc(Cl)c3ncc(C#N)c(Nc4ccc(F)c(Cl)c4)c3c2)c2cccc3c2CN(C2COC2)C3)NN1. The molecule has 0 amide bonds. The van der Waals surface area contributed by atoms with E-state index in [1.165, 1.54) is 29.5 Å². The fraction of sp³-hybridized carbons (Fsp3) is 0.273. The first-order valence-electron chi connectivity index (χ1n) is 14.7. The minimum absolute atomic E-state index is 0.0275. The van der Waals surface area contributed by atoms with Gasteiger partial charge in [0.2, 0.25) is 0 Å². The summed E-state index contributed by atoms with van der Waals surface area (Å²) >= 11 is 12.9. The third-order valence-electron chi connectivity index (χ3n) is 8.51. The minimum atomic E-state index is -0.528. The number of hydrazine groups is 2. The van der Waals surface area contributed by atoms with Crippen LogP contribution < -0.4 is 21.6 Å². The molecule has 1 aromatic heterocycles. The number of nitriles is 1. The molecular weight excluding hydrogens is 614 g/mol. The lowest BCUT2D eigenvalue weighted by atomic mass is 9.95. The van der Waals surface area contributed by atoms with E-state index in [-0.39, 0.29) is 17.1 Å². The van der Waals surface area contributed by atoms with E-state index >= 15 is 0 Å². The van der Waals surface area contributed by atoms with E-state index in [1.807, 2.05) is 17.1 Å². The van der Waals surface area contributed by atoms with Crippen molar-refractivity contribution in [1.29, 1.82) is 5.26 Å². The van der Waals surface area contributed by atoms with Crippen molar-refractivity contribution in [3.63, 3.8) is 0 Å². The van der Waals surface area contributed by atoms with Gasteiger partial charge in [-0.05, 0) is 60.9 Å². The normalized spacial score (nSPS) is 17.1. The highest BCUT2D eigenvalue weighted by Crippen LogP contribution is 2.39. The van der Waals surface area contributed by atoms with E-state index in [0.29, 0.717) is 38.9 Å². The lowest BCUT2D eigenvalue weighted by Crippen LogP contribution is -2.46. The number of fused-ring (bicyclic) bond motifs is 2. The largest absolute Gasteiger partial charge is 0.378 e. The van der Waals surface area contributed by atoms with Crippen LogP contribution in [0.15, 0.2) is 66.6 Å². The molecule has 0 saturated carbocycles. The van der Waals surface area contributed by atoms with E-state index in [4.69, 9.17) is 27.9 Å². The van der Waals surface area contributed by atoms with Crippen LogP contribution in [0.1, 0.15) is 42.1 Å². The van der Waals surface area contributed by atoms with Gasteiger partial charge in [0.25, 0.3) is 0 Å². The summed E-state index contributed by atoms with van der Waals surface area (Å²) in [6, 6.07) is 17.2. The van der Waals surface area contributed by atoms with Crippen molar-refractivity contribution in [2.75, 3.05) is 23.8 Å². The number of nitrogens with one attached hydrogen (secondary N) is 4. The molecule has 12 heteroatoms. The maximum absolute atomic E-state index is 13.9. The Morgan fingerprint density at radius 3 is 2.62 bits per heavy atom. The van der Waals surface area contributed by atoms with Crippen molar-refractivity contribution in [2.24, 2.45) is 0 Å². The molecule has 1 fully saturated rings. The molecule has 4 N–H and O–H groups in total. The van der Waals surface area contributed by atoms with Gasteiger partial charge in [0.1, 0.15) is 11.9 Å². The van der Waals surface area contributed by atoms with Gasteiger partial charge in [0.05, 0.1) is 57.8 Å². The minimum Gasteiger partial charge on any atom is -0.378 e. The van der Waals surface area contributed by atoms with Crippen LogP contribution in [0.5, 0.6) is 0 Å². The first kappa shape index (κ1) is 29.6. The second kappa shape index (κ2) is 12.0. The Morgan fingerprint density at radius 2 is 1.91 bits per heavy atom. The van der Waals surface area contributed by atoms with Crippen LogP contribution in [-0.4, -0.2) is 40.2 Å². The number of rotatable bonds is 8. The third-order valence-corrected chi connectivity index (χ3v) is 9.09. The second-order valence-electron chi connectivity index (χ2n) is 11.7. The van der Waals surface area contributed by atoms with Gasteiger partial charge in [-0.25, -0.2) is 4.39 Å². The number of benzene rings is 3. The first-order valence-corrected chi connectivity index (χ1v) is 15.5. The second-order valence-corrected chi connectivity index (χ2v) is 12.6. The quantitative estimate of drug-likeness (QED) is 0.166. The van der Waals surface area contributed by atoms with Gasteiger partial charge < -0.3 is 20.8 Å². The predicted octanol–water partition coefficient (Wildman–Crippen LogP) is 6.74. The molecule has 3 aliphatic rings. The number of anilines is 3. The summed E-state index contributed by atoms with van der Waals surface area (Å²) in [5.74, 6) is -0.528. The first-order chi connectivity index (χ1) is 21.8. The average molecular weight is 646 g/mol. The Bertz CT molecular complexity index is 1870. The van der Waals surface area contributed by atoms with Crippen LogP contribution in [0.4, 0.5) is 21.5 Å². The molecular formula is C33H31Cl2FN8O. The molecule has 230 valence electrons. The van der Waals surface area contributed by atoms with Crippen molar-refractivity contribution < 1.29 is 9.13 Å². The van der Waals surface area contributed by atoms with E-state index in [2.05, 4.69) is 75.8 Å². The topological polar surface area (TPSA) is 101 Å². The lowest BCUT2D eigenvalue weighted by Gasteiger charge is -2.34. The predicted molar refractivity (Wildman–Crippen MR) is 174 cm³/mol. The Hall–Kier alpha value is -4.11. The molecule has 0 unspecified atom stereocenters. The highest BCUT2D eigenvalue weighted by atomic mass is 35.5. The summed E-state index contributed by atoms with van der Waals surface area (Å²) in [7, 11) is 0. The van der Waals surface area contributed by atoms with Gasteiger partial charge in [0, 0.05) is 48.3 Å². The van der Waals surface area contributed by atoms with E-state index < -0.39 is 5.82 Å². The standard InChI is InChI=1S/C33H31Cl2FN8O/c1-18(2)44-15-30(41-42-44)33(24-5-3-4-19-13-43(14-26(19)24)23-16-45-17-23)40-22-8-25-31(39-21-6-7-29(36)27(34)9-21)20(11-37)12-38-32(25)28(35)10-22/h3-10,12,15,18,23,33,40-42H,13-14,16-17H2,1-2H3,(H,38,39)/t33-/m0/s1. The molecule has 7 rings (SSSR count). The van der Waals surface area contributed by atoms with Gasteiger partial charge in [0.15, 0.2) is 0 Å². The van der Waals surface area contributed by atoms with Crippen LogP contribution in [0.2, 0.25) is 10.0 Å². The van der Waals surface area contributed by atoms with Crippen molar-refractivity contribution in [2.45, 2.75) is 45.1 Å². The summed E-state index contributed by atoms with van der Waals surface area (Å²) in [6.07, 6.45) is 3.56. The fourth-order valence-corrected chi connectivity index (χ4v) is 6.42. The smallest absolute Gasteiger partial charge is 0.141 e. The van der Waals surface area contributed by atoms with Crippen molar-refractivity contribution in [3.05, 3.63) is 105 Å². The van der Waals surface area contributed by atoms with Crippen LogP contribution in [0.3, 0.4) is 0 Å². The maximum Gasteiger partial charge on any atom is 0.141 e. The number of hydrogen-bond donors (Lipinski definition) is 4. The average Bonchev–Trinajstić information content (AvgIpc) is 3.65. The lowest BCUT2D eigenvalue weighted by molar-refractivity contribution is -0.0670. The van der Waals surface area contributed by atoms with Crippen molar-refractivity contribution in [3.8, 4) is 6.07 Å². The van der Waals surface area contributed by atoms with Gasteiger partial charge >= 0.3 is 0 Å². The third kappa shape index (κ3) is 5.63. The van der Waals surface area contributed by atoms with Gasteiger partial charge in [-0.2, -0.15) is 5.26 Å². The zero-order chi connectivity index (χ0) is 31.2. The summed E-state index contributed by atoms with van der Waals surface area (Å²) in [5.41, 5.74) is 13.9. The summed E-state index contributed by atoms with van der Waals surface area (Å²) in [4.78, 5) is 6.97. The van der Waals surface area contributed by atoms with Crippen LogP contribution in [-0.2, 0) is 17.8 Å². The summed E-state index contributed by atoms with van der Waals surface area (Å²) in [5, 5.41) is 20.0. The van der Waals surface area contributed by atoms with Crippen LogP contribution >= 0.6 is 23.2 Å². The Labute approximate surface area is 270 Å². The Kier molecular flexibility index (Phi) is 7.89. The molecule has 9 nitrogen and oxygen atoms in total. The summed E-state index contributed by atoms with van der Waals surface area (Å²) in [6.45, 7) is 7.48. The Balaban J connectivity index is 1.31. The highest BCUT2D eigenvalue weighted by Gasteiger charge is 2.34. The molecule has 1 atom stereocenters. The number of halogens is 3. The van der Waals surface area contributed by atoms with Crippen LogP contribution in [0, 0.1) is 17.1 Å². The van der Waals surface area contributed by atoms with Crippen LogP contribution in [0.25, 0.3) is 10.9 Å². The molecule has 45 heavy (non-hydrogen) atoms. The van der Waals surface area contributed by atoms with Gasteiger partial charge in [-0.15, -0.1) is 5.53 Å². The van der Waals surface area contributed by atoms with E-state index in [9.17, 15) is 9.65 Å². The molecule has 0 bridgehead atoms. The molecule has 4 aromatic rings.